The summed E-state index contributed by atoms with van der Waals surface area (Å²) in [6, 6.07) is 33.4. The van der Waals surface area contributed by atoms with Gasteiger partial charge >= 0.3 is 5.97 Å². The Morgan fingerprint density at radius 2 is 1.63 bits per heavy atom. The molecule has 6 aromatic rings. The summed E-state index contributed by atoms with van der Waals surface area (Å²) in [6.07, 6.45) is -0.894. The van der Waals surface area contributed by atoms with Gasteiger partial charge in [0.1, 0.15) is 30.2 Å². The van der Waals surface area contributed by atoms with E-state index in [2.05, 4.69) is 16.7 Å². The smallest absolute Gasteiger partial charge is 0.326 e. The average molecular weight is 858 g/mol. The Kier molecular flexibility index (Phi) is 11.6. The first kappa shape index (κ1) is 40.1. The minimum Gasteiger partial charge on any atom is -0.489 e. The molecule has 3 heterocycles. The third kappa shape index (κ3) is 8.70. The summed E-state index contributed by atoms with van der Waals surface area (Å²) in [4.78, 5) is 55.8. The fraction of sp³-hybridized carbons (Fsp3) is 0.152. The maximum Gasteiger partial charge on any atom is 0.326 e. The molecule has 0 radical (unpaired) electrons. The molecule has 8 rings (SSSR count). The van der Waals surface area contributed by atoms with Crippen LogP contribution in [0.2, 0.25) is 10.0 Å². The van der Waals surface area contributed by atoms with Crippen molar-refractivity contribution in [2.75, 3.05) is 5.32 Å². The first-order valence-electron chi connectivity index (χ1n) is 18.8. The number of ether oxygens (including phenoxy) is 2. The van der Waals surface area contributed by atoms with Crippen LogP contribution in [0.4, 0.5) is 5.69 Å². The predicted molar refractivity (Wildman–Crippen MR) is 227 cm³/mol. The number of carbonyl (C=O) groups excluding carboxylic acids is 3. The Labute approximate surface area is 358 Å². The number of halogens is 2. The highest BCUT2D eigenvalue weighted by atomic mass is 35.5. The van der Waals surface area contributed by atoms with Gasteiger partial charge in [-0.05, 0) is 93.4 Å². The van der Waals surface area contributed by atoms with E-state index in [1.165, 1.54) is 16.2 Å². The Morgan fingerprint density at radius 3 is 2.30 bits per heavy atom. The van der Waals surface area contributed by atoms with Gasteiger partial charge in [0.05, 0.1) is 32.2 Å². The van der Waals surface area contributed by atoms with Crippen LogP contribution in [0.5, 0.6) is 11.5 Å². The zero-order valence-corrected chi connectivity index (χ0v) is 33.9. The van der Waals surface area contributed by atoms with Crippen molar-refractivity contribution in [3.8, 4) is 28.7 Å². The molecule has 5 aromatic carbocycles. The number of carboxylic acids is 1. The Hall–Kier alpha value is -6.65. The summed E-state index contributed by atoms with van der Waals surface area (Å²) in [5.41, 5.74) is 6.31. The highest BCUT2D eigenvalue weighted by Crippen LogP contribution is 2.40. The molecule has 1 aromatic heterocycles. The summed E-state index contributed by atoms with van der Waals surface area (Å²) in [6.45, 7) is 0.305. The van der Waals surface area contributed by atoms with Crippen LogP contribution in [0, 0.1) is 11.3 Å². The van der Waals surface area contributed by atoms with Crippen molar-refractivity contribution in [1.82, 2.24) is 10.2 Å². The molecule has 0 spiro atoms. The lowest BCUT2D eigenvalue weighted by Crippen LogP contribution is -2.55. The second kappa shape index (κ2) is 17.3. The Balaban J connectivity index is 0.981. The lowest BCUT2D eigenvalue weighted by molar-refractivity contribution is -0.142. The predicted octanol–water partition coefficient (Wildman–Crippen LogP) is 8.62. The van der Waals surface area contributed by atoms with Crippen molar-refractivity contribution in [2.45, 2.75) is 44.2 Å². The van der Waals surface area contributed by atoms with Crippen LogP contribution < -0.4 is 20.1 Å². The van der Waals surface area contributed by atoms with Gasteiger partial charge in [-0.1, -0.05) is 83.9 Å². The second-order valence-electron chi connectivity index (χ2n) is 14.3. The minimum atomic E-state index is -1.28. The number of thiophene rings is 1. The van der Waals surface area contributed by atoms with Gasteiger partial charge in [-0.3, -0.25) is 14.4 Å². The molecule has 3 atom stereocenters. The number of nitrogens with one attached hydrogen (secondary N) is 2. The monoisotopic (exact) mass is 856 g/mol. The van der Waals surface area contributed by atoms with Gasteiger partial charge < -0.3 is 30.1 Å². The lowest BCUT2D eigenvalue weighted by atomic mass is 9.91. The minimum absolute atomic E-state index is 0.00340. The number of benzene rings is 5. The van der Waals surface area contributed by atoms with Crippen LogP contribution >= 0.6 is 34.5 Å². The van der Waals surface area contributed by atoms with E-state index < -0.39 is 30.1 Å². The summed E-state index contributed by atoms with van der Waals surface area (Å²) in [7, 11) is 0. The molecule has 60 heavy (non-hydrogen) atoms. The van der Waals surface area contributed by atoms with Gasteiger partial charge in [0.25, 0.3) is 11.8 Å². The normalized spacial score (nSPS) is 15.9. The quantitative estimate of drug-likeness (QED) is 0.117. The fourth-order valence-corrected chi connectivity index (χ4v) is 8.21. The molecule has 2 aliphatic heterocycles. The Bertz CT molecular complexity index is 2650. The van der Waals surface area contributed by atoms with Gasteiger partial charge in [0, 0.05) is 24.9 Å². The summed E-state index contributed by atoms with van der Waals surface area (Å²) in [5, 5.41) is 27.6. The van der Waals surface area contributed by atoms with Gasteiger partial charge in [-0.2, -0.15) is 5.26 Å². The Morgan fingerprint density at radius 1 is 0.917 bits per heavy atom. The van der Waals surface area contributed by atoms with Crippen molar-refractivity contribution >= 4 is 63.9 Å². The number of hydrogen-bond donors (Lipinski definition) is 3. The number of aliphatic carboxylic acids is 1. The molecule has 3 amide bonds. The summed E-state index contributed by atoms with van der Waals surface area (Å²) < 4.78 is 12.2. The molecule has 0 bridgehead atoms. The number of nitrogens with zero attached hydrogens (tertiary/aromatic N) is 2. The van der Waals surface area contributed by atoms with E-state index in [0.717, 1.165) is 22.3 Å². The van der Waals surface area contributed by atoms with E-state index >= 15 is 0 Å². The lowest BCUT2D eigenvalue weighted by Gasteiger charge is -2.37. The maximum absolute atomic E-state index is 14.1. The molecule has 11 nitrogen and oxygen atoms in total. The van der Waals surface area contributed by atoms with Crippen molar-refractivity contribution < 1.29 is 33.8 Å². The highest BCUT2D eigenvalue weighted by Gasteiger charge is 2.39. The third-order valence-electron chi connectivity index (χ3n) is 10.4. The zero-order chi connectivity index (χ0) is 41.9. The van der Waals surface area contributed by atoms with E-state index in [0.29, 0.717) is 54.4 Å². The van der Waals surface area contributed by atoms with Crippen molar-refractivity contribution in [2.24, 2.45) is 0 Å². The largest absolute Gasteiger partial charge is 0.489 e. The van der Waals surface area contributed by atoms with E-state index in [9.17, 15) is 24.3 Å². The fourth-order valence-electron chi connectivity index (χ4n) is 7.21. The van der Waals surface area contributed by atoms with Crippen LogP contribution in [-0.2, 0) is 40.4 Å². The standard InChI is InChI=1S/C46H34Cl2N4O7S/c47-35-16-7-28(18-36(35)48)25-58-34-14-12-31(13-15-34)42-44(54)50-37-20-32-21-39(52(24-33(32)22-40(37)59-42)45(55)41-2-1-17-60-41)43(53)51-38(46(56)57)19-26-3-8-29(9-4-26)30-10-5-27(23-49)6-11-30/h1-18,20,22,38-39,42H,19,21,24-25H2,(H,50,54)(H,51,53)(H,56,57)/t38-,39?,42-/m0/s1. The number of nitriles is 1. The van der Waals surface area contributed by atoms with Crippen molar-refractivity contribution in [3.05, 3.63) is 169 Å². The average Bonchev–Trinajstić information content (AvgIpc) is 3.81. The SMILES string of the molecule is N#Cc1ccc(-c2ccc(C[C@H](NC(=O)C3Cc4cc5c(cc4CN3C(=O)c3cccs3)O[C@@H](c3ccc(OCc4ccc(Cl)c(Cl)c4)cc3)C(=O)N5)C(=O)O)cc2)cc1. The van der Waals surface area contributed by atoms with Crippen LogP contribution in [-0.4, -0.2) is 45.8 Å². The second-order valence-corrected chi connectivity index (χ2v) is 16.1. The van der Waals surface area contributed by atoms with Crippen LogP contribution in [0.25, 0.3) is 11.1 Å². The molecular weight excluding hydrogens is 823 g/mol. The molecule has 0 saturated carbocycles. The number of anilines is 1. The molecule has 14 heteroatoms. The zero-order valence-electron chi connectivity index (χ0n) is 31.6. The first-order valence-corrected chi connectivity index (χ1v) is 20.4. The first-order chi connectivity index (χ1) is 29.0. The molecular formula is C46H34Cl2N4O7S. The van der Waals surface area contributed by atoms with Gasteiger partial charge in [-0.25, -0.2) is 4.79 Å². The number of rotatable bonds is 11. The van der Waals surface area contributed by atoms with Crippen molar-refractivity contribution in [1.29, 1.82) is 5.26 Å². The maximum atomic E-state index is 14.1. The number of hydrogen-bond acceptors (Lipinski definition) is 8. The molecule has 0 aliphatic carbocycles. The number of amides is 3. The van der Waals surface area contributed by atoms with Crippen LogP contribution in [0.15, 0.2) is 121 Å². The van der Waals surface area contributed by atoms with Gasteiger partial charge in [0.15, 0.2) is 0 Å². The number of fused-ring (bicyclic) bond motifs is 2. The molecule has 0 saturated heterocycles. The van der Waals surface area contributed by atoms with E-state index in [-0.39, 0.29) is 37.8 Å². The molecule has 2 aliphatic rings. The van der Waals surface area contributed by atoms with E-state index in [4.69, 9.17) is 37.9 Å². The van der Waals surface area contributed by atoms with Gasteiger partial charge in [0.2, 0.25) is 12.0 Å². The van der Waals surface area contributed by atoms with Crippen molar-refractivity contribution in [3.63, 3.8) is 0 Å². The number of carboxylic acid groups (broad SMARTS) is 1. The molecule has 1 unspecified atom stereocenters. The number of carbonyl (C=O) groups is 4. The van der Waals surface area contributed by atoms with E-state index in [1.54, 1.807) is 90.3 Å². The van der Waals surface area contributed by atoms with Gasteiger partial charge in [-0.15, -0.1) is 11.3 Å². The molecule has 0 fully saturated rings. The van der Waals surface area contributed by atoms with Crippen LogP contribution in [0.1, 0.15) is 49.2 Å². The summed E-state index contributed by atoms with van der Waals surface area (Å²) in [5.74, 6) is -1.61. The van der Waals surface area contributed by atoms with Crippen LogP contribution in [0.3, 0.4) is 0 Å². The molecule has 3 N–H and O–H groups in total. The molecule has 300 valence electrons. The highest BCUT2D eigenvalue weighted by molar-refractivity contribution is 7.12. The summed E-state index contributed by atoms with van der Waals surface area (Å²) >= 11 is 13.4. The topological polar surface area (TPSA) is 158 Å². The van der Waals surface area contributed by atoms with E-state index in [1.807, 2.05) is 30.3 Å². The third-order valence-corrected chi connectivity index (χ3v) is 12.0.